The summed E-state index contributed by atoms with van der Waals surface area (Å²) in [5.41, 5.74) is 14.5. The molecule has 0 unspecified atom stereocenters. The third-order valence-electron chi connectivity index (χ3n) is 7.93. The Morgan fingerprint density at radius 1 is 0.758 bits per heavy atom. The summed E-state index contributed by atoms with van der Waals surface area (Å²) in [6, 6.07) is 22.8. The third kappa shape index (κ3) is 3.08. The summed E-state index contributed by atoms with van der Waals surface area (Å²) < 4.78 is 2.25. The van der Waals surface area contributed by atoms with E-state index in [1.165, 1.54) is 81.6 Å². The zero-order valence-electron chi connectivity index (χ0n) is 20.1. The van der Waals surface area contributed by atoms with Crippen LogP contribution in [0.2, 0.25) is 0 Å². The zero-order valence-corrected chi connectivity index (χ0v) is 20.1. The molecule has 0 N–H and O–H groups in total. The molecule has 0 bridgehead atoms. The molecule has 2 heterocycles. The molecule has 2 aliphatic rings. The van der Waals surface area contributed by atoms with Gasteiger partial charge in [-0.15, -0.1) is 0 Å². The predicted octanol–water partition coefficient (Wildman–Crippen LogP) is 7.01. The lowest BCUT2D eigenvalue weighted by molar-refractivity contribution is -0.660. The van der Waals surface area contributed by atoms with E-state index in [4.69, 9.17) is 4.98 Å². The number of rotatable bonds is 2. The standard InChI is InChI=1S/C31H31N2/c1-20-7-10-23(11-8-20)24-13-16-33(4)29(18-24)26-19-27-25-12-9-22(3)32-30(25)31(14-5-6-15-31)28(27)17-21(26)2/h7-13,16-19H,5-6,14-15H2,1-4H3/q+1. The van der Waals surface area contributed by atoms with Crippen LogP contribution in [0, 0.1) is 20.8 Å². The van der Waals surface area contributed by atoms with Crippen molar-refractivity contribution < 1.29 is 4.57 Å². The Hall–Kier alpha value is -3.26. The van der Waals surface area contributed by atoms with Crippen molar-refractivity contribution in [3.05, 3.63) is 94.9 Å². The Labute approximate surface area is 197 Å². The molecule has 2 nitrogen and oxygen atoms in total. The van der Waals surface area contributed by atoms with Gasteiger partial charge in [-0.05, 0) is 73.6 Å². The molecule has 164 valence electrons. The van der Waals surface area contributed by atoms with Crippen molar-refractivity contribution in [2.24, 2.45) is 7.05 Å². The first kappa shape index (κ1) is 20.4. The maximum absolute atomic E-state index is 5.11. The van der Waals surface area contributed by atoms with Gasteiger partial charge in [-0.25, -0.2) is 4.57 Å². The number of hydrogen-bond donors (Lipinski definition) is 0. The molecule has 0 atom stereocenters. The van der Waals surface area contributed by atoms with Gasteiger partial charge < -0.3 is 0 Å². The Bertz CT molecular complexity index is 1390. The lowest BCUT2D eigenvalue weighted by Gasteiger charge is -2.26. The van der Waals surface area contributed by atoms with Crippen molar-refractivity contribution in [3.63, 3.8) is 0 Å². The average molecular weight is 432 g/mol. The van der Waals surface area contributed by atoms with E-state index < -0.39 is 0 Å². The van der Waals surface area contributed by atoms with Gasteiger partial charge in [0.2, 0.25) is 5.69 Å². The lowest BCUT2D eigenvalue weighted by atomic mass is 9.78. The molecule has 4 aromatic rings. The van der Waals surface area contributed by atoms with Crippen molar-refractivity contribution in [2.75, 3.05) is 0 Å². The molecule has 0 aliphatic heterocycles. The number of hydrogen-bond acceptors (Lipinski definition) is 1. The molecule has 0 saturated heterocycles. The largest absolute Gasteiger partial charge is 0.257 e. The highest BCUT2D eigenvalue weighted by molar-refractivity contribution is 5.85. The fraction of sp³-hybridized carbons (Fsp3) is 0.290. The van der Waals surface area contributed by atoms with Gasteiger partial charge in [-0.3, -0.25) is 4.98 Å². The van der Waals surface area contributed by atoms with E-state index in [0.717, 1.165) is 5.69 Å². The molecule has 2 aliphatic carbocycles. The molecule has 33 heavy (non-hydrogen) atoms. The van der Waals surface area contributed by atoms with Gasteiger partial charge >= 0.3 is 0 Å². The maximum Gasteiger partial charge on any atom is 0.213 e. The summed E-state index contributed by atoms with van der Waals surface area (Å²) in [6.45, 7) is 6.54. The van der Waals surface area contributed by atoms with Crippen LogP contribution in [0.5, 0.6) is 0 Å². The normalized spacial score (nSPS) is 15.6. The SMILES string of the molecule is Cc1ccc(-c2cc[n+](C)c(-c3cc4c(cc3C)C3(CCCC3)c3nc(C)ccc3-4)c2)cc1. The second-order valence-corrected chi connectivity index (χ2v) is 10.1. The van der Waals surface area contributed by atoms with E-state index >= 15 is 0 Å². The van der Waals surface area contributed by atoms with Crippen LogP contribution in [0.1, 0.15) is 53.8 Å². The first-order valence-corrected chi connectivity index (χ1v) is 12.2. The minimum absolute atomic E-state index is 0.117. The van der Waals surface area contributed by atoms with E-state index in [1.54, 1.807) is 0 Å². The summed E-state index contributed by atoms with van der Waals surface area (Å²) in [5, 5.41) is 0. The van der Waals surface area contributed by atoms with Crippen LogP contribution in [0.3, 0.4) is 0 Å². The highest BCUT2D eigenvalue weighted by atomic mass is 14.9. The van der Waals surface area contributed by atoms with Crippen molar-refractivity contribution in [1.29, 1.82) is 0 Å². The quantitative estimate of drug-likeness (QED) is 0.312. The Balaban J connectivity index is 1.55. The zero-order chi connectivity index (χ0) is 22.7. The van der Waals surface area contributed by atoms with Crippen LogP contribution >= 0.6 is 0 Å². The molecule has 2 aromatic carbocycles. The summed E-state index contributed by atoms with van der Waals surface area (Å²) in [7, 11) is 2.15. The van der Waals surface area contributed by atoms with Crippen molar-refractivity contribution in [3.8, 4) is 33.5 Å². The molecular weight excluding hydrogens is 400 g/mol. The van der Waals surface area contributed by atoms with Crippen LogP contribution in [0.4, 0.5) is 0 Å². The van der Waals surface area contributed by atoms with Crippen molar-refractivity contribution >= 4 is 0 Å². The Morgan fingerprint density at radius 3 is 2.27 bits per heavy atom. The van der Waals surface area contributed by atoms with Gasteiger partial charge in [0.25, 0.3) is 0 Å². The molecule has 1 spiro atoms. The number of aryl methyl sites for hydroxylation is 4. The van der Waals surface area contributed by atoms with Crippen molar-refractivity contribution in [1.82, 2.24) is 4.98 Å². The highest BCUT2D eigenvalue weighted by Gasteiger charge is 2.46. The van der Waals surface area contributed by atoms with Gasteiger partial charge in [-0.2, -0.15) is 0 Å². The molecule has 0 radical (unpaired) electrons. The van der Waals surface area contributed by atoms with Crippen LogP contribution in [0.15, 0.2) is 66.9 Å². The molecule has 2 heteroatoms. The molecule has 1 saturated carbocycles. The van der Waals surface area contributed by atoms with Crippen LogP contribution in [0.25, 0.3) is 33.5 Å². The van der Waals surface area contributed by atoms with Gasteiger partial charge in [0.05, 0.1) is 5.69 Å². The van der Waals surface area contributed by atoms with Gasteiger partial charge in [0, 0.05) is 34.4 Å². The van der Waals surface area contributed by atoms with Gasteiger partial charge in [-0.1, -0.05) is 54.8 Å². The molecule has 0 amide bonds. The summed E-state index contributed by atoms with van der Waals surface area (Å²) in [4.78, 5) is 5.11. The van der Waals surface area contributed by atoms with Crippen LogP contribution in [-0.2, 0) is 12.5 Å². The fourth-order valence-corrected chi connectivity index (χ4v) is 6.12. The van der Waals surface area contributed by atoms with Gasteiger partial charge in [0.15, 0.2) is 6.20 Å². The van der Waals surface area contributed by atoms with Crippen molar-refractivity contribution in [2.45, 2.75) is 51.9 Å². The Kier molecular flexibility index (Phi) is 4.55. The van der Waals surface area contributed by atoms with E-state index in [-0.39, 0.29) is 5.41 Å². The predicted molar refractivity (Wildman–Crippen MR) is 135 cm³/mol. The smallest absolute Gasteiger partial charge is 0.213 e. The van der Waals surface area contributed by atoms with E-state index in [0.29, 0.717) is 0 Å². The first-order valence-electron chi connectivity index (χ1n) is 12.2. The topological polar surface area (TPSA) is 16.8 Å². The minimum atomic E-state index is 0.117. The van der Waals surface area contributed by atoms with E-state index in [2.05, 4.69) is 99.2 Å². The number of fused-ring (bicyclic) bond motifs is 5. The number of nitrogens with zero attached hydrogens (tertiary/aromatic N) is 2. The molecular formula is C31H31N2+. The van der Waals surface area contributed by atoms with Crippen LogP contribution in [-0.4, -0.2) is 4.98 Å². The first-order chi connectivity index (χ1) is 16.0. The minimum Gasteiger partial charge on any atom is -0.257 e. The van der Waals surface area contributed by atoms with E-state index in [1.807, 2.05) is 0 Å². The molecule has 1 fully saturated rings. The molecule has 6 rings (SSSR count). The fourth-order valence-electron chi connectivity index (χ4n) is 6.12. The second kappa shape index (κ2) is 7.38. The summed E-state index contributed by atoms with van der Waals surface area (Å²) in [5.74, 6) is 0. The van der Waals surface area contributed by atoms with E-state index in [9.17, 15) is 0 Å². The average Bonchev–Trinajstić information content (AvgIpc) is 3.39. The maximum atomic E-state index is 5.11. The number of aromatic nitrogens is 2. The number of pyridine rings is 2. The Morgan fingerprint density at radius 2 is 1.52 bits per heavy atom. The summed E-state index contributed by atoms with van der Waals surface area (Å²) in [6.07, 6.45) is 7.22. The second-order valence-electron chi connectivity index (χ2n) is 10.1. The molecule has 2 aromatic heterocycles. The third-order valence-corrected chi connectivity index (χ3v) is 7.93. The monoisotopic (exact) mass is 431 g/mol. The summed E-state index contributed by atoms with van der Waals surface area (Å²) >= 11 is 0. The number of benzene rings is 2. The highest BCUT2D eigenvalue weighted by Crippen LogP contribution is 2.57. The van der Waals surface area contributed by atoms with Crippen LogP contribution < -0.4 is 4.57 Å². The van der Waals surface area contributed by atoms with Gasteiger partial charge in [0.1, 0.15) is 7.05 Å². The lowest BCUT2D eigenvalue weighted by Crippen LogP contribution is -2.30.